The van der Waals surface area contributed by atoms with Gasteiger partial charge in [-0.2, -0.15) is 5.10 Å². The van der Waals surface area contributed by atoms with Crippen LogP contribution in [-0.2, 0) is 18.9 Å². The van der Waals surface area contributed by atoms with Gasteiger partial charge in [-0.05, 0) is 54.0 Å². The number of alkyl halides is 1. The first-order valence-corrected chi connectivity index (χ1v) is 13.0. The molecule has 9 heteroatoms. The van der Waals surface area contributed by atoms with E-state index < -0.39 is 0 Å². The smallest absolute Gasteiger partial charge is 0.151 e. The van der Waals surface area contributed by atoms with E-state index >= 15 is 0 Å². The third-order valence-electron chi connectivity index (χ3n) is 5.11. The average molecular weight is 562 g/mol. The third kappa shape index (κ3) is 8.40. The van der Waals surface area contributed by atoms with Crippen molar-refractivity contribution in [3.63, 3.8) is 0 Å². The summed E-state index contributed by atoms with van der Waals surface area (Å²) in [6, 6.07) is 3.90. The van der Waals surface area contributed by atoms with Crippen LogP contribution in [0, 0.1) is 0 Å². The molecule has 0 aliphatic carbocycles. The van der Waals surface area contributed by atoms with Gasteiger partial charge in [0, 0.05) is 19.8 Å². The second-order valence-electron chi connectivity index (χ2n) is 7.72. The number of hydrogen-bond donors (Lipinski definition) is 1. The topological polar surface area (TPSA) is 93.1 Å². The zero-order chi connectivity index (χ0) is 23.2. The number of anilines is 1. The van der Waals surface area contributed by atoms with E-state index in [1.165, 1.54) is 6.33 Å². The molecule has 182 valence electrons. The molecule has 0 saturated carbocycles. The van der Waals surface area contributed by atoms with E-state index in [2.05, 4.69) is 53.4 Å². The minimum Gasteiger partial charge on any atom is -0.382 e. The SMILES string of the molecule is CCCCOCCO[C@@H](c1ccc2c(N)ncnn12)[C@H](OCCCC)[C@@H](I)OCCCC. The van der Waals surface area contributed by atoms with Crippen LogP contribution in [0.4, 0.5) is 5.82 Å². The molecule has 2 N–H and O–H groups in total. The quantitative estimate of drug-likeness (QED) is 0.156. The van der Waals surface area contributed by atoms with E-state index in [1.807, 2.05) is 12.1 Å². The number of halogens is 1. The molecule has 2 heterocycles. The van der Waals surface area contributed by atoms with Gasteiger partial charge >= 0.3 is 0 Å². The predicted molar refractivity (Wildman–Crippen MR) is 135 cm³/mol. The van der Waals surface area contributed by atoms with Crippen LogP contribution in [0.3, 0.4) is 0 Å². The lowest BCUT2D eigenvalue weighted by molar-refractivity contribution is -0.121. The number of nitrogens with zero attached hydrogens (tertiary/aromatic N) is 3. The number of nitrogen functional groups attached to an aromatic ring is 1. The van der Waals surface area contributed by atoms with Crippen molar-refractivity contribution in [2.24, 2.45) is 0 Å². The van der Waals surface area contributed by atoms with Gasteiger partial charge in [-0.3, -0.25) is 0 Å². The van der Waals surface area contributed by atoms with Gasteiger partial charge in [-0.15, -0.1) is 0 Å². The molecule has 2 aromatic rings. The van der Waals surface area contributed by atoms with Crippen LogP contribution in [0.25, 0.3) is 5.52 Å². The maximum absolute atomic E-state index is 6.38. The van der Waals surface area contributed by atoms with Crippen LogP contribution in [0.2, 0.25) is 0 Å². The molecule has 0 amide bonds. The van der Waals surface area contributed by atoms with Gasteiger partial charge in [0.1, 0.15) is 28.2 Å². The number of unbranched alkanes of at least 4 members (excludes halogenated alkanes) is 3. The fourth-order valence-electron chi connectivity index (χ4n) is 3.22. The lowest BCUT2D eigenvalue weighted by Gasteiger charge is -2.31. The Morgan fingerprint density at radius 3 is 2.31 bits per heavy atom. The van der Waals surface area contributed by atoms with Crippen molar-refractivity contribution in [1.29, 1.82) is 0 Å². The number of ether oxygens (including phenoxy) is 4. The van der Waals surface area contributed by atoms with E-state index in [9.17, 15) is 0 Å². The highest BCUT2D eigenvalue weighted by Gasteiger charge is 2.34. The molecule has 0 aliphatic heterocycles. The summed E-state index contributed by atoms with van der Waals surface area (Å²) in [4.78, 5) is 4.10. The van der Waals surface area contributed by atoms with E-state index in [0.29, 0.717) is 32.2 Å². The van der Waals surface area contributed by atoms with Crippen molar-refractivity contribution in [2.75, 3.05) is 38.8 Å². The Bertz CT molecular complexity index is 761. The van der Waals surface area contributed by atoms with Crippen LogP contribution < -0.4 is 5.73 Å². The normalized spacial score (nSPS) is 14.6. The molecular formula is C23H39IN4O4. The first-order valence-electron chi connectivity index (χ1n) is 11.8. The Hall–Kier alpha value is -1.01. The van der Waals surface area contributed by atoms with E-state index in [-0.39, 0.29) is 16.3 Å². The highest BCUT2D eigenvalue weighted by molar-refractivity contribution is 14.1. The summed E-state index contributed by atoms with van der Waals surface area (Å²) in [6.07, 6.45) is 7.06. The van der Waals surface area contributed by atoms with E-state index in [1.54, 1.807) is 4.52 Å². The molecule has 0 fully saturated rings. The van der Waals surface area contributed by atoms with Gasteiger partial charge in [-0.1, -0.05) is 40.0 Å². The van der Waals surface area contributed by atoms with Crippen LogP contribution >= 0.6 is 22.6 Å². The molecule has 0 aliphatic rings. The monoisotopic (exact) mass is 562 g/mol. The molecule has 0 aromatic carbocycles. The zero-order valence-corrected chi connectivity index (χ0v) is 21.8. The van der Waals surface area contributed by atoms with Gasteiger partial charge in [0.25, 0.3) is 0 Å². The fraction of sp³-hybridized carbons (Fsp3) is 0.739. The summed E-state index contributed by atoms with van der Waals surface area (Å²) in [6.45, 7) is 9.52. The summed E-state index contributed by atoms with van der Waals surface area (Å²) < 4.78 is 26.2. The minimum atomic E-state index is -0.387. The second kappa shape index (κ2) is 15.8. The molecule has 2 rings (SSSR count). The molecule has 0 saturated heterocycles. The second-order valence-corrected chi connectivity index (χ2v) is 8.95. The van der Waals surface area contributed by atoms with Crippen molar-refractivity contribution < 1.29 is 18.9 Å². The zero-order valence-electron chi connectivity index (χ0n) is 19.7. The van der Waals surface area contributed by atoms with Crippen LogP contribution in [0.1, 0.15) is 71.1 Å². The molecule has 2 aromatic heterocycles. The molecule has 0 bridgehead atoms. The van der Waals surface area contributed by atoms with Crippen molar-refractivity contribution in [1.82, 2.24) is 14.6 Å². The lowest BCUT2D eigenvalue weighted by atomic mass is 10.1. The average Bonchev–Trinajstić information content (AvgIpc) is 3.22. The molecule has 0 spiro atoms. The van der Waals surface area contributed by atoms with Crippen molar-refractivity contribution in [2.45, 2.75) is 75.6 Å². The Morgan fingerprint density at radius 2 is 1.59 bits per heavy atom. The highest BCUT2D eigenvalue weighted by Crippen LogP contribution is 2.31. The van der Waals surface area contributed by atoms with Crippen molar-refractivity contribution in [3.05, 3.63) is 24.2 Å². The van der Waals surface area contributed by atoms with Crippen molar-refractivity contribution >= 4 is 33.9 Å². The maximum Gasteiger partial charge on any atom is 0.151 e. The summed E-state index contributed by atoms with van der Waals surface area (Å²) in [5.41, 5.74) is 7.68. The minimum absolute atomic E-state index is 0.174. The van der Waals surface area contributed by atoms with Crippen LogP contribution in [0.5, 0.6) is 0 Å². The summed E-state index contributed by atoms with van der Waals surface area (Å²) in [5, 5.41) is 4.42. The third-order valence-corrected chi connectivity index (χ3v) is 6.18. The van der Waals surface area contributed by atoms with Gasteiger partial charge in [-0.25, -0.2) is 9.50 Å². The Morgan fingerprint density at radius 1 is 0.906 bits per heavy atom. The standard InChI is InChI=1S/C23H39IN4O4/c1-4-7-12-29-15-16-31-20(18-10-11-19-23(25)26-17-27-28(18)19)21(30-13-8-5-2)22(24)32-14-9-6-3/h10-11,17,20-22H,4-9,12-16H2,1-3H3,(H2,25,26,27)/t20-,21-,22-/m0/s1. The molecule has 8 nitrogen and oxygen atoms in total. The van der Waals surface area contributed by atoms with Gasteiger partial charge in [0.2, 0.25) is 0 Å². The maximum atomic E-state index is 6.38. The number of aromatic nitrogens is 3. The number of rotatable bonds is 18. The Labute approximate surface area is 205 Å². The van der Waals surface area contributed by atoms with Crippen LogP contribution in [-0.4, -0.2) is 57.8 Å². The lowest BCUT2D eigenvalue weighted by Crippen LogP contribution is -2.36. The van der Waals surface area contributed by atoms with E-state index in [4.69, 9.17) is 24.7 Å². The largest absolute Gasteiger partial charge is 0.382 e. The molecule has 0 unspecified atom stereocenters. The summed E-state index contributed by atoms with van der Waals surface area (Å²) >= 11 is 2.32. The van der Waals surface area contributed by atoms with Gasteiger partial charge < -0.3 is 24.7 Å². The molecular weight excluding hydrogens is 523 g/mol. The first-order chi connectivity index (χ1) is 15.6. The van der Waals surface area contributed by atoms with Gasteiger partial charge in [0.05, 0.1) is 18.9 Å². The van der Waals surface area contributed by atoms with Gasteiger partial charge in [0.15, 0.2) is 5.82 Å². The summed E-state index contributed by atoms with van der Waals surface area (Å²) in [5.74, 6) is 0.432. The number of fused-ring (bicyclic) bond motifs is 1. The number of nitrogens with two attached hydrogens (primary N) is 1. The number of hydrogen-bond acceptors (Lipinski definition) is 7. The molecule has 0 radical (unpaired) electrons. The fourth-order valence-corrected chi connectivity index (χ4v) is 4.06. The van der Waals surface area contributed by atoms with E-state index in [0.717, 1.165) is 56.3 Å². The summed E-state index contributed by atoms with van der Waals surface area (Å²) in [7, 11) is 0. The van der Waals surface area contributed by atoms with Crippen LogP contribution in [0.15, 0.2) is 18.5 Å². The Kier molecular flexibility index (Phi) is 13.4. The predicted octanol–water partition coefficient (Wildman–Crippen LogP) is 4.95. The molecule has 3 atom stereocenters. The Balaban J connectivity index is 2.25. The van der Waals surface area contributed by atoms with Crippen molar-refractivity contribution in [3.8, 4) is 0 Å². The molecule has 32 heavy (non-hydrogen) atoms. The first kappa shape index (κ1) is 27.2. The highest BCUT2D eigenvalue weighted by atomic mass is 127.